The Kier molecular flexibility index (Phi) is 5.79. The fourth-order valence-electron chi connectivity index (χ4n) is 4.04. The van der Waals surface area contributed by atoms with Crippen molar-refractivity contribution < 1.29 is 24.0 Å². The van der Waals surface area contributed by atoms with Gasteiger partial charge in [0.2, 0.25) is 11.7 Å². The van der Waals surface area contributed by atoms with Gasteiger partial charge in [0.1, 0.15) is 27.0 Å². The van der Waals surface area contributed by atoms with E-state index in [9.17, 15) is 14.7 Å². The Morgan fingerprint density at radius 2 is 2.03 bits per heavy atom. The number of nitrogens with zero attached hydrogens (tertiary/aromatic N) is 5. The van der Waals surface area contributed by atoms with Gasteiger partial charge in [-0.1, -0.05) is 17.3 Å². The largest absolute Gasteiger partial charge is 0.453 e. The first-order chi connectivity index (χ1) is 17.1. The number of aryl methyl sites for hydroxylation is 1. The van der Waals surface area contributed by atoms with Crippen molar-refractivity contribution in [1.82, 2.24) is 24.4 Å². The number of fused-ring (bicyclic) bond motifs is 1. The number of benzene rings is 1. The number of ether oxygens (including phenoxy) is 1. The second-order valence-corrected chi connectivity index (χ2v) is 9.36. The molecule has 13 heteroatoms. The van der Waals surface area contributed by atoms with Crippen molar-refractivity contribution in [3.05, 3.63) is 65.4 Å². The zero-order valence-corrected chi connectivity index (χ0v) is 20.3. The van der Waals surface area contributed by atoms with E-state index in [1.165, 1.54) is 13.3 Å². The third-order valence-corrected chi connectivity index (χ3v) is 6.30. The average Bonchev–Trinajstić information content (AvgIpc) is 3.46. The fraction of sp³-hybridized carbons (Fsp3) is 0.261. The number of likely N-dealkylation sites (tertiary alicyclic amines) is 1. The highest BCUT2D eigenvalue weighted by molar-refractivity contribution is 6.38. The predicted molar refractivity (Wildman–Crippen MR) is 135 cm³/mol. The van der Waals surface area contributed by atoms with E-state index in [4.69, 9.17) is 9.26 Å². The van der Waals surface area contributed by atoms with Crippen LogP contribution in [0.1, 0.15) is 33.4 Å². The molecule has 0 spiro atoms. The lowest BCUT2D eigenvalue weighted by Crippen LogP contribution is -2.48. The summed E-state index contributed by atoms with van der Waals surface area (Å²) in [7, 11) is 4.74. The van der Waals surface area contributed by atoms with Crippen molar-refractivity contribution in [2.45, 2.75) is 18.2 Å². The molecular formula is C23H24B2N6O5. The predicted octanol–water partition coefficient (Wildman–Crippen LogP) is 0.479. The Morgan fingerprint density at radius 1 is 1.25 bits per heavy atom. The van der Waals surface area contributed by atoms with E-state index in [0.717, 1.165) is 5.56 Å². The molecule has 0 atom stereocenters. The number of hydrogen-bond acceptors (Lipinski definition) is 8. The van der Waals surface area contributed by atoms with E-state index in [1.807, 2.05) is 19.1 Å². The number of carbonyl (C=O) groups excluding carboxylic acids is 2. The fourth-order valence-corrected chi connectivity index (χ4v) is 4.04. The van der Waals surface area contributed by atoms with Crippen molar-refractivity contribution in [3.63, 3.8) is 0 Å². The van der Waals surface area contributed by atoms with Crippen LogP contribution >= 0.6 is 0 Å². The van der Waals surface area contributed by atoms with E-state index in [-0.39, 0.29) is 17.9 Å². The van der Waals surface area contributed by atoms with Crippen LogP contribution in [-0.2, 0) is 10.1 Å². The Morgan fingerprint density at radius 3 is 2.75 bits per heavy atom. The van der Waals surface area contributed by atoms with Gasteiger partial charge in [0.25, 0.3) is 5.91 Å². The van der Waals surface area contributed by atoms with Gasteiger partial charge in [-0.05, 0) is 36.2 Å². The summed E-state index contributed by atoms with van der Waals surface area (Å²) in [5.41, 5.74) is 3.78. The van der Waals surface area contributed by atoms with Crippen LogP contribution < -0.4 is 5.32 Å². The molecule has 3 aromatic heterocycles. The molecule has 5 rings (SSSR count). The Labute approximate surface area is 208 Å². The lowest BCUT2D eigenvalue weighted by molar-refractivity contribution is 0.0804. The number of hydrogen-bond donors (Lipinski definition) is 2. The van der Waals surface area contributed by atoms with Gasteiger partial charge >= 0.3 is 6.09 Å². The number of amides is 2. The Hall–Kier alpha value is -4.12. The number of methoxy groups -OCH3 is 1. The SMILES string of the molecule is BC(B)(O)c1ccn2c(C(=O)Nc3cc(-c4noc(C5CN(C(=O)OC)C5)n4)ccc3C)cnc2c1. The summed E-state index contributed by atoms with van der Waals surface area (Å²) in [5, 5.41) is 16.3. The van der Waals surface area contributed by atoms with Crippen LogP contribution in [0.4, 0.5) is 10.5 Å². The van der Waals surface area contributed by atoms with E-state index < -0.39 is 5.40 Å². The van der Waals surface area contributed by atoms with Gasteiger partial charge in [0, 0.05) is 35.9 Å². The van der Waals surface area contributed by atoms with Crippen molar-refractivity contribution >= 4 is 39.0 Å². The van der Waals surface area contributed by atoms with E-state index >= 15 is 0 Å². The van der Waals surface area contributed by atoms with Crippen LogP contribution in [0.15, 0.2) is 47.2 Å². The van der Waals surface area contributed by atoms with Gasteiger partial charge in [0.05, 0.1) is 19.2 Å². The zero-order valence-electron chi connectivity index (χ0n) is 20.3. The van der Waals surface area contributed by atoms with E-state index in [0.29, 0.717) is 53.0 Å². The summed E-state index contributed by atoms with van der Waals surface area (Å²) in [6.07, 6.45) is 2.84. The molecule has 1 saturated heterocycles. The maximum absolute atomic E-state index is 13.1. The normalized spacial score (nSPS) is 14.0. The molecule has 2 N–H and O–H groups in total. The molecule has 0 unspecified atom stereocenters. The molecule has 36 heavy (non-hydrogen) atoms. The second kappa shape index (κ2) is 8.83. The highest BCUT2D eigenvalue weighted by Crippen LogP contribution is 2.29. The number of rotatable bonds is 5. The monoisotopic (exact) mass is 486 g/mol. The summed E-state index contributed by atoms with van der Waals surface area (Å²) in [6, 6.07) is 9.03. The van der Waals surface area contributed by atoms with Gasteiger partial charge in [0.15, 0.2) is 0 Å². The van der Waals surface area contributed by atoms with Crippen molar-refractivity contribution in [3.8, 4) is 11.4 Å². The van der Waals surface area contributed by atoms with Crippen molar-refractivity contribution in [1.29, 1.82) is 0 Å². The van der Waals surface area contributed by atoms with Crippen LogP contribution in [0.5, 0.6) is 0 Å². The van der Waals surface area contributed by atoms with Crippen LogP contribution in [-0.4, -0.2) is 77.4 Å². The molecule has 0 saturated carbocycles. The molecule has 1 aliphatic heterocycles. The summed E-state index contributed by atoms with van der Waals surface area (Å²) in [6.45, 7) is 2.81. The number of pyridine rings is 1. The lowest BCUT2D eigenvalue weighted by atomic mass is 9.62. The Balaban J connectivity index is 1.34. The van der Waals surface area contributed by atoms with Gasteiger partial charge in [-0.3, -0.25) is 9.20 Å². The van der Waals surface area contributed by atoms with Gasteiger partial charge in [-0.15, -0.1) is 0 Å². The highest BCUT2D eigenvalue weighted by Gasteiger charge is 2.36. The molecule has 11 nitrogen and oxygen atoms in total. The van der Waals surface area contributed by atoms with Crippen molar-refractivity contribution in [2.75, 3.05) is 25.5 Å². The van der Waals surface area contributed by atoms with Gasteiger partial charge in [-0.25, -0.2) is 9.78 Å². The molecule has 4 heterocycles. The number of aliphatic hydroxyl groups is 1. The number of carbonyl (C=O) groups is 2. The quantitative estimate of drug-likeness (QED) is 0.389. The first kappa shape index (κ1) is 23.6. The van der Waals surface area contributed by atoms with Gasteiger partial charge in [-0.2, -0.15) is 4.98 Å². The molecule has 0 aliphatic carbocycles. The van der Waals surface area contributed by atoms with E-state index in [1.54, 1.807) is 49.4 Å². The first-order valence-electron chi connectivity index (χ1n) is 11.4. The molecule has 0 radical (unpaired) electrons. The van der Waals surface area contributed by atoms with Crippen molar-refractivity contribution in [2.24, 2.45) is 0 Å². The summed E-state index contributed by atoms with van der Waals surface area (Å²) >= 11 is 0. The maximum Gasteiger partial charge on any atom is 0.409 e. The number of anilines is 1. The van der Waals surface area contributed by atoms with Gasteiger partial charge < -0.3 is 24.6 Å². The minimum Gasteiger partial charge on any atom is -0.453 e. The van der Waals surface area contributed by atoms with Crippen LogP contribution in [0.2, 0.25) is 0 Å². The molecule has 4 aromatic rings. The highest BCUT2D eigenvalue weighted by atomic mass is 16.5. The topological polar surface area (TPSA) is 135 Å². The zero-order chi connectivity index (χ0) is 25.6. The lowest BCUT2D eigenvalue weighted by Gasteiger charge is -2.35. The minimum absolute atomic E-state index is 0.0398. The van der Waals surface area contributed by atoms with Crippen LogP contribution in [0.25, 0.3) is 17.0 Å². The number of imidazole rings is 1. The van der Waals surface area contributed by atoms with Crippen LogP contribution in [0, 0.1) is 6.92 Å². The van der Waals surface area contributed by atoms with Crippen LogP contribution in [0.3, 0.4) is 0 Å². The summed E-state index contributed by atoms with van der Waals surface area (Å²) < 4.78 is 11.8. The third kappa shape index (κ3) is 4.33. The third-order valence-electron chi connectivity index (χ3n) is 6.30. The summed E-state index contributed by atoms with van der Waals surface area (Å²) in [5.74, 6) is 0.477. The summed E-state index contributed by atoms with van der Waals surface area (Å²) in [4.78, 5) is 35.0. The standard InChI is InChI=1S/C23H24B2N6O5/c1-12-3-4-13(19-28-21(36-29-19)14-10-30(11-14)22(33)35-2)7-16(12)27-20(32)17-9-26-18-8-15(23(24,25)34)5-6-31(17)18/h3-9,14,34H,10-11,24-25H2,1-2H3,(H,27,32). The number of nitrogens with one attached hydrogen (secondary N) is 1. The smallest absolute Gasteiger partial charge is 0.409 e. The average molecular weight is 486 g/mol. The molecule has 1 aliphatic rings. The minimum atomic E-state index is -1.01. The molecule has 2 amide bonds. The molecule has 182 valence electrons. The Bertz CT molecular complexity index is 1470. The molecule has 1 aromatic carbocycles. The van der Waals surface area contributed by atoms with E-state index in [2.05, 4.69) is 20.4 Å². The second-order valence-electron chi connectivity index (χ2n) is 9.36. The first-order valence-corrected chi connectivity index (χ1v) is 11.4. The molecular weight excluding hydrogens is 462 g/mol. The molecule has 0 bridgehead atoms. The number of aromatic nitrogens is 4. The molecule has 1 fully saturated rings. The maximum atomic E-state index is 13.1.